The molecule has 1 amide bonds. The molecule has 0 aromatic heterocycles. The van der Waals surface area contributed by atoms with Gasteiger partial charge in [-0.25, -0.2) is 4.39 Å². The van der Waals surface area contributed by atoms with Crippen molar-refractivity contribution in [1.82, 2.24) is 4.90 Å². The van der Waals surface area contributed by atoms with Crippen molar-refractivity contribution in [3.63, 3.8) is 0 Å². The fourth-order valence-corrected chi connectivity index (χ4v) is 4.61. The number of hydrogen-bond donors (Lipinski definition) is 1. The number of hydrogen-bond acceptors (Lipinski definition) is 4. The number of carbonyl (C=O) groups excluding carboxylic acids is 1. The fraction of sp³-hybridized carbons (Fsp3) is 0.480. The number of carbonyl (C=O) groups is 1. The van der Waals surface area contributed by atoms with Crippen molar-refractivity contribution in [3.05, 3.63) is 54.3 Å². The van der Waals surface area contributed by atoms with Gasteiger partial charge in [0.25, 0.3) is 0 Å². The molecule has 6 heteroatoms. The molecule has 0 spiro atoms. The molecule has 2 unspecified atom stereocenters. The van der Waals surface area contributed by atoms with Crippen LogP contribution in [0.4, 0.5) is 15.8 Å². The van der Waals surface area contributed by atoms with Gasteiger partial charge in [0.1, 0.15) is 11.6 Å². The Labute approximate surface area is 184 Å². The molecule has 4 rings (SSSR count). The molecule has 166 valence electrons. The molecular weight excluding hydrogens is 393 g/mol. The number of halogens is 1. The summed E-state index contributed by atoms with van der Waals surface area (Å²) in [5.74, 6) is 0.652. The van der Waals surface area contributed by atoms with E-state index in [-0.39, 0.29) is 17.8 Å². The third kappa shape index (κ3) is 5.37. The van der Waals surface area contributed by atoms with Crippen LogP contribution in [0.3, 0.4) is 0 Å². The Balaban J connectivity index is 1.29. The lowest BCUT2D eigenvalue weighted by Gasteiger charge is -2.26. The van der Waals surface area contributed by atoms with Gasteiger partial charge in [0.15, 0.2) is 0 Å². The van der Waals surface area contributed by atoms with E-state index in [0.717, 1.165) is 30.8 Å². The SMILES string of the molecule is CC1CCCN1CCCOc1ccc(N2C(=O)CCC2CNc2ccccc2F)cc1. The molecule has 0 saturated carbocycles. The van der Waals surface area contributed by atoms with Gasteiger partial charge in [0.05, 0.1) is 18.3 Å². The number of amides is 1. The monoisotopic (exact) mass is 425 g/mol. The minimum atomic E-state index is -0.279. The maximum Gasteiger partial charge on any atom is 0.227 e. The van der Waals surface area contributed by atoms with E-state index in [1.54, 1.807) is 18.2 Å². The van der Waals surface area contributed by atoms with Crippen LogP contribution >= 0.6 is 0 Å². The molecular formula is C25H32FN3O2. The number of nitrogens with zero attached hydrogens (tertiary/aromatic N) is 2. The Morgan fingerprint density at radius 2 is 1.94 bits per heavy atom. The van der Waals surface area contributed by atoms with Crippen molar-refractivity contribution < 1.29 is 13.9 Å². The Morgan fingerprint density at radius 3 is 2.68 bits per heavy atom. The van der Waals surface area contributed by atoms with Crippen molar-refractivity contribution in [3.8, 4) is 5.75 Å². The van der Waals surface area contributed by atoms with E-state index < -0.39 is 0 Å². The van der Waals surface area contributed by atoms with Crippen molar-refractivity contribution >= 4 is 17.3 Å². The van der Waals surface area contributed by atoms with Gasteiger partial charge in [0.2, 0.25) is 5.91 Å². The first kappa shape index (κ1) is 21.6. The lowest BCUT2D eigenvalue weighted by atomic mass is 10.2. The zero-order valence-electron chi connectivity index (χ0n) is 18.2. The molecule has 5 nitrogen and oxygen atoms in total. The average molecular weight is 426 g/mol. The fourth-order valence-electron chi connectivity index (χ4n) is 4.61. The Bertz CT molecular complexity index is 873. The number of nitrogens with one attached hydrogen (secondary N) is 1. The molecule has 2 aliphatic rings. The van der Waals surface area contributed by atoms with Crippen LogP contribution in [-0.4, -0.2) is 49.1 Å². The molecule has 0 radical (unpaired) electrons. The first-order chi connectivity index (χ1) is 15.1. The summed E-state index contributed by atoms with van der Waals surface area (Å²) in [6, 6.07) is 15.1. The second-order valence-electron chi connectivity index (χ2n) is 8.54. The standard InChI is InChI=1S/C25H32FN3O2/c1-19-6-4-15-28(19)16-5-17-31-22-12-9-20(10-13-22)29-21(11-14-25(29)30)18-27-24-8-3-2-7-23(24)26/h2-3,7-10,12-13,19,21,27H,4-6,11,14-18H2,1H3. The van der Waals surface area contributed by atoms with Crippen molar-refractivity contribution in [2.24, 2.45) is 0 Å². The highest BCUT2D eigenvalue weighted by Crippen LogP contribution is 2.29. The molecule has 1 N–H and O–H groups in total. The second-order valence-corrected chi connectivity index (χ2v) is 8.54. The second kappa shape index (κ2) is 10.1. The van der Waals surface area contributed by atoms with Crippen LogP contribution in [0.1, 0.15) is 39.0 Å². The highest BCUT2D eigenvalue weighted by atomic mass is 19.1. The largest absolute Gasteiger partial charge is 0.494 e. The summed E-state index contributed by atoms with van der Waals surface area (Å²) in [6.45, 7) is 5.79. The number of benzene rings is 2. The Morgan fingerprint density at radius 1 is 1.13 bits per heavy atom. The summed E-state index contributed by atoms with van der Waals surface area (Å²) in [7, 11) is 0. The predicted molar refractivity (Wildman–Crippen MR) is 122 cm³/mol. The molecule has 2 heterocycles. The van der Waals surface area contributed by atoms with Crippen LogP contribution in [0.15, 0.2) is 48.5 Å². The van der Waals surface area contributed by atoms with Gasteiger partial charge in [-0.2, -0.15) is 0 Å². The quantitative estimate of drug-likeness (QED) is 0.592. The molecule has 2 atom stereocenters. The van der Waals surface area contributed by atoms with E-state index in [0.29, 0.717) is 31.3 Å². The first-order valence-corrected chi connectivity index (χ1v) is 11.4. The summed E-state index contributed by atoms with van der Waals surface area (Å²) in [6.07, 6.45) is 4.88. The highest BCUT2D eigenvalue weighted by Gasteiger charge is 2.32. The van der Waals surface area contributed by atoms with Gasteiger partial charge >= 0.3 is 0 Å². The van der Waals surface area contributed by atoms with E-state index in [9.17, 15) is 9.18 Å². The molecule has 2 saturated heterocycles. The summed E-state index contributed by atoms with van der Waals surface area (Å²) in [5, 5.41) is 3.15. The lowest BCUT2D eigenvalue weighted by Crippen LogP contribution is -2.37. The molecule has 2 aliphatic heterocycles. The number of rotatable bonds is 9. The number of para-hydroxylation sites is 1. The van der Waals surface area contributed by atoms with Crippen LogP contribution < -0.4 is 15.0 Å². The third-order valence-electron chi connectivity index (χ3n) is 6.39. The lowest BCUT2D eigenvalue weighted by molar-refractivity contribution is -0.117. The Hall–Kier alpha value is -2.60. The summed E-state index contributed by atoms with van der Waals surface area (Å²) in [5.41, 5.74) is 1.33. The van der Waals surface area contributed by atoms with Crippen LogP contribution in [0, 0.1) is 5.82 Å². The highest BCUT2D eigenvalue weighted by molar-refractivity contribution is 5.96. The molecule has 2 aromatic carbocycles. The van der Waals surface area contributed by atoms with Gasteiger partial charge in [-0.3, -0.25) is 4.79 Å². The third-order valence-corrected chi connectivity index (χ3v) is 6.39. The van der Waals surface area contributed by atoms with Crippen LogP contribution in [0.5, 0.6) is 5.75 Å². The van der Waals surface area contributed by atoms with Gasteiger partial charge in [-0.1, -0.05) is 12.1 Å². The van der Waals surface area contributed by atoms with Crippen molar-refractivity contribution in [2.45, 2.75) is 51.1 Å². The molecule has 2 fully saturated rings. The van der Waals surface area contributed by atoms with E-state index in [1.807, 2.05) is 29.2 Å². The summed E-state index contributed by atoms with van der Waals surface area (Å²) < 4.78 is 19.8. The zero-order chi connectivity index (χ0) is 21.6. The van der Waals surface area contributed by atoms with Gasteiger partial charge in [-0.05, 0) is 75.5 Å². The van der Waals surface area contributed by atoms with E-state index >= 15 is 0 Å². The average Bonchev–Trinajstić information content (AvgIpc) is 3.36. The van der Waals surface area contributed by atoms with Crippen LogP contribution in [0.25, 0.3) is 0 Å². The maximum atomic E-state index is 13.9. The molecule has 2 aromatic rings. The van der Waals surface area contributed by atoms with Crippen LogP contribution in [0.2, 0.25) is 0 Å². The molecule has 0 bridgehead atoms. The normalized spacial score (nSPS) is 21.6. The summed E-state index contributed by atoms with van der Waals surface area (Å²) >= 11 is 0. The first-order valence-electron chi connectivity index (χ1n) is 11.4. The topological polar surface area (TPSA) is 44.8 Å². The molecule has 0 aliphatic carbocycles. The number of anilines is 2. The minimum absolute atomic E-state index is 0.00123. The summed E-state index contributed by atoms with van der Waals surface area (Å²) in [4.78, 5) is 16.9. The van der Waals surface area contributed by atoms with Crippen LogP contribution in [-0.2, 0) is 4.79 Å². The smallest absolute Gasteiger partial charge is 0.227 e. The minimum Gasteiger partial charge on any atom is -0.494 e. The van der Waals surface area contributed by atoms with Gasteiger partial charge in [-0.15, -0.1) is 0 Å². The predicted octanol–water partition coefficient (Wildman–Crippen LogP) is 4.69. The number of ether oxygens (including phenoxy) is 1. The zero-order valence-corrected chi connectivity index (χ0v) is 18.2. The van der Waals surface area contributed by atoms with E-state index in [4.69, 9.17) is 4.74 Å². The van der Waals surface area contributed by atoms with Gasteiger partial charge < -0.3 is 19.9 Å². The van der Waals surface area contributed by atoms with Gasteiger partial charge in [0, 0.05) is 31.2 Å². The number of likely N-dealkylation sites (tertiary alicyclic amines) is 1. The van der Waals surface area contributed by atoms with E-state index in [2.05, 4.69) is 17.1 Å². The molecule has 31 heavy (non-hydrogen) atoms. The van der Waals surface area contributed by atoms with Crippen molar-refractivity contribution in [2.75, 3.05) is 36.5 Å². The maximum absolute atomic E-state index is 13.9. The van der Waals surface area contributed by atoms with E-state index in [1.165, 1.54) is 25.5 Å². The Kier molecular flexibility index (Phi) is 7.07. The van der Waals surface area contributed by atoms with Crippen molar-refractivity contribution in [1.29, 1.82) is 0 Å².